The average Bonchev–Trinajstić information content (AvgIpc) is 3.49. The molecule has 0 fully saturated rings. The van der Waals surface area contributed by atoms with Crippen molar-refractivity contribution in [3.05, 3.63) is 139 Å². The second-order valence-corrected chi connectivity index (χ2v) is 10.5. The van der Waals surface area contributed by atoms with E-state index in [2.05, 4.69) is 36.4 Å². The predicted octanol–water partition coefficient (Wildman–Crippen LogP) is 10.2. The van der Waals surface area contributed by atoms with Gasteiger partial charge in [0.25, 0.3) is 0 Å². The third kappa shape index (κ3) is 3.88. The number of aromatic nitrogens is 3. The van der Waals surface area contributed by atoms with Crippen molar-refractivity contribution in [2.75, 3.05) is 0 Å². The smallest absolute Gasteiger partial charge is 0.164 e. The molecular formula is C39H23N3O. The molecule has 0 aliphatic carbocycles. The lowest BCUT2D eigenvalue weighted by atomic mass is 10.00. The molecule has 0 amide bonds. The summed E-state index contributed by atoms with van der Waals surface area (Å²) < 4.78 is 48.5. The molecule has 2 heterocycles. The highest BCUT2D eigenvalue weighted by Gasteiger charge is 2.18. The molecule has 4 heteroatoms. The van der Waals surface area contributed by atoms with Crippen LogP contribution in [-0.2, 0) is 0 Å². The Morgan fingerprint density at radius 1 is 0.465 bits per heavy atom. The lowest BCUT2D eigenvalue weighted by Crippen LogP contribution is -2.00. The number of hydrogen-bond acceptors (Lipinski definition) is 4. The number of furan rings is 1. The van der Waals surface area contributed by atoms with Gasteiger partial charge in [0.1, 0.15) is 11.2 Å². The van der Waals surface area contributed by atoms with Crippen LogP contribution in [-0.4, -0.2) is 15.0 Å². The zero-order valence-electron chi connectivity index (χ0n) is 27.6. The molecule has 4 nitrogen and oxygen atoms in total. The van der Waals surface area contributed by atoms with Crippen LogP contribution in [0.2, 0.25) is 0 Å². The van der Waals surface area contributed by atoms with Crippen LogP contribution < -0.4 is 0 Å². The van der Waals surface area contributed by atoms with Crippen molar-refractivity contribution in [2.45, 2.75) is 0 Å². The van der Waals surface area contributed by atoms with Crippen LogP contribution in [0.25, 0.3) is 88.4 Å². The van der Waals surface area contributed by atoms with Gasteiger partial charge in [0.15, 0.2) is 17.5 Å². The minimum absolute atomic E-state index is 0.0131. The molecule has 0 saturated carbocycles. The van der Waals surface area contributed by atoms with E-state index in [-0.39, 0.29) is 23.5 Å². The fourth-order valence-corrected chi connectivity index (χ4v) is 5.95. The van der Waals surface area contributed by atoms with E-state index in [0.717, 1.165) is 48.7 Å². The van der Waals surface area contributed by atoms with Crippen LogP contribution in [0, 0.1) is 0 Å². The molecule has 9 aromatic rings. The zero-order valence-corrected chi connectivity index (χ0v) is 22.6. The molecule has 0 aliphatic heterocycles. The standard InChI is InChI=1S/C39H23N3O/c1-2-10-25(11-3-1)37-40-38(29-19-20-31-28(21-29)18-17-24-9-6-7-14-30(24)31)42-39(41-37)32-15-8-16-34-36(32)33-22-26-12-4-5-13-27(26)23-35(33)43-34/h1-23H/i1D,2D,3D,10D,11D. The van der Waals surface area contributed by atoms with Crippen LogP contribution in [0.1, 0.15) is 6.85 Å². The first-order valence-corrected chi connectivity index (χ1v) is 14.0. The number of benzene rings is 7. The predicted molar refractivity (Wildman–Crippen MR) is 176 cm³/mol. The fourth-order valence-electron chi connectivity index (χ4n) is 5.95. The lowest BCUT2D eigenvalue weighted by molar-refractivity contribution is 0.669. The largest absolute Gasteiger partial charge is 0.456 e. The quantitative estimate of drug-likeness (QED) is 0.204. The van der Waals surface area contributed by atoms with E-state index in [4.69, 9.17) is 26.2 Å². The summed E-state index contributed by atoms with van der Waals surface area (Å²) in [6, 6.07) is 34.0. The van der Waals surface area contributed by atoms with E-state index < -0.39 is 18.1 Å². The molecule has 200 valence electrons. The topological polar surface area (TPSA) is 51.8 Å². The molecule has 0 radical (unpaired) electrons. The van der Waals surface area contributed by atoms with E-state index in [9.17, 15) is 0 Å². The summed E-state index contributed by atoms with van der Waals surface area (Å²) in [7, 11) is 0. The molecule has 7 aromatic carbocycles. The first-order valence-electron chi connectivity index (χ1n) is 16.5. The Morgan fingerprint density at radius 3 is 2.02 bits per heavy atom. The van der Waals surface area contributed by atoms with Gasteiger partial charge in [0.2, 0.25) is 0 Å². The van der Waals surface area contributed by atoms with Gasteiger partial charge in [0.05, 0.1) is 6.85 Å². The maximum absolute atomic E-state index is 8.71. The van der Waals surface area contributed by atoms with Gasteiger partial charge in [-0.15, -0.1) is 0 Å². The molecule has 0 spiro atoms. The normalized spacial score (nSPS) is 13.3. The highest BCUT2D eigenvalue weighted by molar-refractivity contribution is 6.15. The lowest BCUT2D eigenvalue weighted by Gasteiger charge is -2.10. The van der Waals surface area contributed by atoms with Gasteiger partial charge in [-0.1, -0.05) is 115 Å². The first kappa shape index (κ1) is 19.3. The second kappa shape index (κ2) is 9.33. The van der Waals surface area contributed by atoms with Gasteiger partial charge >= 0.3 is 0 Å². The van der Waals surface area contributed by atoms with Gasteiger partial charge in [-0.3, -0.25) is 0 Å². The summed E-state index contributed by atoms with van der Waals surface area (Å²) in [5.41, 5.74) is 2.66. The molecule has 43 heavy (non-hydrogen) atoms. The number of fused-ring (bicyclic) bond motifs is 7. The molecule has 0 unspecified atom stereocenters. The summed E-state index contributed by atoms with van der Waals surface area (Å²) in [5, 5.41) is 8.16. The van der Waals surface area contributed by atoms with Crippen molar-refractivity contribution >= 4 is 54.3 Å². The molecule has 0 saturated heterocycles. The molecule has 0 aliphatic rings. The molecule has 0 N–H and O–H groups in total. The van der Waals surface area contributed by atoms with E-state index in [1.807, 2.05) is 72.8 Å². The van der Waals surface area contributed by atoms with Crippen molar-refractivity contribution in [2.24, 2.45) is 0 Å². The summed E-state index contributed by atoms with van der Waals surface area (Å²) in [6.45, 7) is 0. The SMILES string of the molecule is [2H]c1c([2H])c([2H])c(-c2nc(-c3ccc4c(ccc5ccccc54)c3)nc(-c3cccc4oc5cc6ccccc6cc5c34)n2)c([2H])c1[2H]. The highest BCUT2D eigenvalue weighted by Crippen LogP contribution is 2.38. The second-order valence-electron chi connectivity index (χ2n) is 10.5. The van der Waals surface area contributed by atoms with E-state index >= 15 is 0 Å². The van der Waals surface area contributed by atoms with Crippen molar-refractivity contribution < 1.29 is 11.3 Å². The third-order valence-corrected chi connectivity index (χ3v) is 7.97. The Morgan fingerprint density at radius 2 is 1.16 bits per heavy atom. The van der Waals surface area contributed by atoms with Gasteiger partial charge in [-0.05, 0) is 56.6 Å². The monoisotopic (exact) mass is 554 g/mol. The number of hydrogen-bond donors (Lipinski definition) is 0. The van der Waals surface area contributed by atoms with Crippen LogP contribution in [0.3, 0.4) is 0 Å². The third-order valence-electron chi connectivity index (χ3n) is 7.97. The summed E-state index contributed by atoms with van der Waals surface area (Å²) in [4.78, 5) is 14.5. The van der Waals surface area contributed by atoms with Crippen molar-refractivity contribution in [1.82, 2.24) is 15.0 Å². The molecular weight excluding hydrogens is 526 g/mol. The van der Waals surface area contributed by atoms with Gasteiger partial charge < -0.3 is 4.42 Å². The minimum Gasteiger partial charge on any atom is -0.456 e. The molecule has 0 atom stereocenters. The highest BCUT2D eigenvalue weighted by atomic mass is 16.3. The fraction of sp³-hybridized carbons (Fsp3) is 0. The van der Waals surface area contributed by atoms with E-state index in [1.54, 1.807) is 0 Å². The average molecular weight is 555 g/mol. The van der Waals surface area contributed by atoms with Crippen LogP contribution in [0.4, 0.5) is 0 Å². The summed E-state index contributed by atoms with van der Waals surface area (Å²) >= 11 is 0. The summed E-state index contributed by atoms with van der Waals surface area (Å²) in [5.74, 6) is 0.592. The van der Waals surface area contributed by atoms with Crippen LogP contribution >= 0.6 is 0 Å². The van der Waals surface area contributed by atoms with Gasteiger partial charge in [-0.2, -0.15) is 0 Å². The van der Waals surface area contributed by atoms with E-state index in [1.165, 1.54) is 0 Å². The minimum atomic E-state index is -0.480. The Hall–Kier alpha value is -5.87. The maximum Gasteiger partial charge on any atom is 0.164 e. The van der Waals surface area contributed by atoms with Gasteiger partial charge in [-0.25, -0.2) is 15.0 Å². The van der Waals surface area contributed by atoms with E-state index in [0.29, 0.717) is 28.4 Å². The first-order chi connectivity index (χ1) is 23.4. The number of nitrogens with zero attached hydrogens (tertiary/aromatic N) is 3. The van der Waals surface area contributed by atoms with Crippen molar-refractivity contribution in [3.63, 3.8) is 0 Å². The molecule has 9 rings (SSSR count). The van der Waals surface area contributed by atoms with Crippen molar-refractivity contribution in [3.8, 4) is 34.2 Å². The molecule has 0 bridgehead atoms. The van der Waals surface area contributed by atoms with Crippen molar-refractivity contribution in [1.29, 1.82) is 0 Å². The Bertz CT molecular complexity index is 2780. The summed E-state index contributed by atoms with van der Waals surface area (Å²) in [6.07, 6.45) is 0. The number of rotatable bonds is 3. The molecule has 2 aromatic heterocycles. The maximum atomic E-state index is 8.71. The Labute approximate surface area is 253 Å². The van der Waals surface area contributed by atoms with Crippen LogP contribution in [0.15, 0.2) is 144 Å². The Kier molecular flexibility index (Phi) is 4.18. The van der Waals surface area contributed by atoms with Crippen LogP contribution in [0.5, 0.6) is 0 Å². The van der Waals surface area contributed by atoms with Gasteiger partial charge in [0, 0.05) is 27.5 Å². The zero-order chi connectivity index (χ0) is 32.7. The Balaban J connectivity index is 1.34.